The lowest BCUT2D eigenvalue weighted by molar-refractivity contribution is 0.200. The molecule has 25 heavy (non-hydrogen) atoms. The van der Waals surface area contributed by atoms with E-state index in [1.165, 1.54) is 12.8 Å². The van der Waals surface area contributed by atoms with Gasteiger partial charge >= 0.3 is 0 Å². The second kappa shape index (κ2) is 11.4. The number of nitrogens with one attached hydrogen (secondary N) is 2. The summed E-state index contributed by atoms with van der Waals surface area (Å²) in [5.41, 5.74) is 1.15. The molecule has 1 atom stereocenters. The van der Waals surface area contributed by atoms with E-state index in [1.54, 1.807) is 14.2 Å². The number of halogens is 1. The number of ether oxygens (including phenoxy) is 2. The summed E-state index contributed by atoms with van der Waals surface area (Å²) < 4.78 is 11.6. The molecule has 0 amide bonds. The van der Waals surface area contributed by atoms with Crippen molar-refractivity contribution in [2.45, 2.75) is 64.6 Å². The molecule has 1 aromatic rings. The van der Waals surface area contributed by atoms with Crippen LogP contribution in [0.15, 0.2) is 23.2 Å². The molecule has 6 heteroatoms. The smallest absolute Gasteiger partial charge is 0.191 e. The van der Waals surface area contributed by atoms with E-state index in [4.69, 9.17) is 9.47 Å². The molecule has 1 fully saturated rings. The zero-order valence-electron chi connectivity index (χ0n) is 15.8. The van der Waals surface area contributed by atoms with Crippen LogP contribution in [0.3, 0.4) is 0 Å². The van der Waals surface area contributed by atoms with Gasteiger partial charge in [-0.05, 0) is 56.7 Å². The van der Waals surface area contributed by atoms with Gasteiger partial charge in [0.2, 0.25) is 0 Å². The van der Waals surface area contributed by atoms with Gasteiger partial charge in [-0.25, -0.2) is 0 Å². The van der Waals surface area contributed by atoms with E-state index in [2.05, 4.69) is 41.6 Å². The van der Waals surface area contributed by atoms with Crippen molar-refractivity contribution < 1.29 is 9.47 Å². The van der Waals surface area contributed by atoms with Crippen molar-refractivity contribution in [2.24, 2.45) is 4.99 Å². The molecule has 142 valence electrons. The van der Waals surface area contributed by atoms with Crippen molar-refractivity contribution >= 4 is 29.9 Å². The lowest BCUT2D eigenvalue weighted by Gasteiger charge is -2.18. The molecule has 0 radical (unpaired) electrons. The van der Waals surface area contributed by atoms with Crippen molar-refractivity contribution in [3.63, 3.8) is 0 Å². The summed E-state index contributed by atoms with van der Waals surface area (Å²) in [6.45, 7) is 5.00. The lowest BCUT2D eigenvalue weighted by atomic mass is 10.2. The number of aliphatic imine (C=N–C) groups is 1. The summed E-state index contributed by atoms with van der Waals surface area (Å²) in [7, 11) is 3.48. The Hall–Kier alpha value is -1.18. The average Bonchev–Trinajstić information content (AvgIpc) is 3.11. The third-order valence-corrected chi connectivity index (χ3v) is 4.50. The number of nitrogens with zero attached hydrogens (tertiary/aromatic N) is 1. The van der Waals surface area contributed by atoms with E-state index < -0.39 is 0 Å². The fourth-order valence-electron chi connectivity index (χ4n) is 2.82. The molecule has 2 rings (SSSR count). The SMILES string of the molecule is CCC(C)NC(=NC)NCc1ccc(OC)c(OC2CCCC2)c1.I. The normalized spacial score (nSPS) is 16.1. The van der Waals surface area contributed by atoms with E-state index in [-0.39, 0.29) is 24.0 Å². The molecule has 1 saturated carbocycles. The zero-order valence-corrected chi connectivity index (χ0v) is 18.1. The monoisotopic (exact) mass is 461 g/mol. The number of hydrogen-bond acceptors (Lipinski definition) is 3. The summed E-state index contributed by atoms with van der Waals surface area (Å²) in [6, 6.07) is 6.50. The molecule has 1 aliphatic rings. The molecule has 5 nitrogen and oxygen atoms in total. The van der Waals surface area contributed by atoms with E-state index in [0.717, 1.165) is 42.3 Å². The lowest BCUT2D eigenvalue weighted by Crippen LogP contribution is -2.41. The molecule has 1 aliphatic carbocycles. The third-order valence-electron chi connectivity index (χ3n) is 4.50. The maximum Gasteiger partial charge on any atom is 0.191 e. The Bertz CT molecular complexity index is 545. The van der Waals surface area contributed by atoms with E-state index >= 15 is 0 Å². The molecule has 0 saturated heterocycles. The van der Waals surface area contributed by atoms with Crippen molar-refractivity contribution in [1.82, 2.24) is 10.6 Å². The average molecular weight is 461 g/mol. The Morgan fingerprint density at radius 1 is 1.28 bits per heavy atom. The second-order valence-corrected chi connectivity index (χ2v) is 6.39. The van der Waals surface area contributed by atoms with Gasteiger partial charge < -0.3 is 20.1 Å². The van der Waals surface area contributed by atoms with Crippen molar-refractivity contribution in [3.8, 4) is 11.5 Å². The molecule has 0 heterocycles. The van der Waals surface area contributed by atoms with Crippen molar-refractivity contribution in [3.05, 3.63) is 23.8 Å². The Morgan fingerprint density at radius 2 is 2.00 bits per heavy atom. The van der Waals surface area contributed by atoms with Gasteiger partial charge in [-0.2, -0.15) is 0 Å². The van der Waals surface area contributed by atoms with Crippen LogP contribution in [0.1, 0.15) is 51.5 Å². The fraction of sp³-hybridized carbons (Fsp3) is 0.632. The minimum absolute atomic E-state index is 0. The van der Waals surface area contributed by atoms with Crippen LogP contribution in [0.4, 0.5) is 0 Å². The molecule has 1 unspecified atom stereocenters. The number of methoxy groups -OCH3 is 1. The predicted molar refractivity (Wildman–Crippen MR) is 114 cm³/mol. The summed E-state index contributed by atoms with van der Waals surface area (Å²) in [6.07, 6.45) is 6.16. The highest BCUT2D eigenvalue weighted by atomic mass is 127. The predicted octanol–water partition coefficient (Wildman–Crippen LogP) is 4.10. The van der Waals surface area contributed by atoms with Gasteiger partial charge in [0.25, 0.3) is 0 Å². The first-order valence-electron chi connectivity index (χ1n) is 8.97. The maximum atomic E-state index is 6.15. The Balaban J connectivity index is 0.00000312. The van der Waals surface area contributed by atoms with Gasteiger partial charge in [-0.1, -0.05) is 13.0 Å². The largest absolute Gasteiger partial charge is 0.493 e. The molecule has 2 N–H and O–H groups in total. The topological polar surface area (TPSA) is 54.9 Å². The molecule has 0 aliphatic heterocycles. The van der Waals surface area contributed by atoms with Gasteiger partial charge in [0.1, 0.15) is 0 Å². The quantitative estimate of drug-likeness (QED) is 0.365. The highest BCUT2D eigenvalue weighted by molar-refractivity contribution is 14.0. The van der Waals surface area contributed by atoms with E-state index in [9.17, 15) is 0 Å². The number of hydrogen-bond donors (Lipinski definition) is 2. The fourth-order valence-corrected chi connectivity index (χ4v) is 2.82. The summed E-state index contributed by atoms with van der Waals surface area (Å²) in [5, 5.41) is 6.72. The zero-order chi connectivity index (χ0) is 17.4. The van der Waals surface area contributed by atoms with Crippen LogP contribution in [0, 0.1) is 0 Å². The first kappa shape index (κ1) is 21.9. The summed E-state index contributed by atoms with van der Waals surface area (Å²) >= 11 is 0. The van der Waals surface area contributed by atoms with E-state index in [1.807, 2.05) is 6.07 Å². The van der Waals surface area contributed by atoms with Crippen LogP contribution in [0.2, 0.25) is 0 Å². The Labute approximate surface area is 169 Å². The highest BCUT2D eigenvalue weighted by Crippen LogP contribution is 2.32. The number of rotatable bonds is 7. The molecular weight excluding hydrogens is 429 g/mol. The molecule has 0 bridgehead atoms. The van der Waals surface area contributed by atoms with Crippen molar-refractivity contribution in [1.29, 1.82) is 0 Å². The highest BCUT2D eigenvalue weighted by Gasteiger charge is 2.18. The summed E-state index contributed by atoms with van der Waals surface area (Å²) in [4.78, 5) is 4.27. The van der Waals surface area contributed by atoms with Gasteiger partial charge in [-0.15, -0.1) is 24.0 Å². The van der Waals surface area contributed by atoms with Crippen LogP contribution in [0.25, 0.3) is 0 Å². The van der Waals surface area contributed by atoms with Gasteiger partial charge in [0.05, 0.1) is 13.2 Å². The van der Waals surface area contributed by atoms with Crippen LogP contribution in [0.5, 0.6) is 11.5 Å². The number of benzene rings is 1. The van der Waals surface area contributed by atoms with Gasteiger partial charge in [-0.3, -0.25) is 4.99 Å². The molecule has 0 spiro atoms. The standard InChI is InChI=1S/C19H31N3O2.HI/c1-5-14(2)22-19(20-3)21-13-15-10-11-17(23-4)18(12-15)24-16-8-6-7-9-16;/h10-12,14,16H,5-9,13H2,1-4H3,(H2,20,21,22);1H. The Kier molecular flexibility index (Phi) is 10.0. The van der Waals surface area contributed by atoms with Gasteiger partial charge in [0.15, 0.2) is 17.5 Å². The molecule has 1 aromatic carbocycles. The second-order valence-electron chi connectivity index (χ2n) is 6.39. The third kappa shape index (κ3) is 6.92. The summed E-state index contributed by atoms with van der Waals surface area (Å²) in [5.74, 6) is 2.46. The molecular formula is C19H32IN3O2. The van der Waals surface area contributed by atoms with Crippen LogP contribution >= 0.6 is 24.0 Å². The number of guanidine groups is 1. The van der Waals surface area contributed by atoms with E-state index in [0.29, 0.717) is 18.7 Å². The Morgan fingerprint density at radius 3 is 2.60 bits per heavy atom. The minimum Gasteiger partial charge on any atom is -0.493 e. The first-order chi connectivity index (χ1) is 11.7. The van der Waals surface area contributed by atoms with Crippen LogP contribution in [-0.2, 0) is 6.54 Å². The molecule has 0 aromatic heterocycles. The van der Waals surface area contributed by atoms with Crippen molar-refractivity contribution in [2.75, 3.05) is 14.2 Å². The van der Waals surface area contributed by atoms with Crippen LogP contribution in [-0.4, -0.2) is 32.3 Å². The minimum atomic E-state index is 0. The van der Waals surface area contributed by atoms with Crippen LogP contribution < -0.4 is 20.1 Å². The maximum absolute atomic E-state index is 6.15. The van der Waals surface area contributed by atoms with Gasteiger partial charge in [0, 0.05) is 19.6 Å². The first-order valence-corrected chi connectivity index (χ1v) is 8.97.